The highest BCUT2D eigenvalue weighted by atomic mass is 16.5. The van der Waals surface area contributed by atoms with Crippen molar-refractivity contribution in [2.24, 2.45) is 11.8 Å². The highest BCUT2D eigenvalue weighted by Gasteiger charge is 2.09. The molecule has 2 unspecified atom stereocenters. The minimum absolute atomic E-state index is 0.367. The number of hydrogen-bond donors (Lipinski definition) is 2. The van der Waals surface area contributed by atoms with Gasteiger partial charge in [-0.2, -0.15) is 0 Å². The third kappa shape index (κ3) is 11.6. The normalized spacial score (nSPS) is 13.2. The zero-order valence-corrected chi connectivity index (χ0v) is 12.9. The van der Waals surface area contributed by atoms with Crippen LogP contribution in [0.5, 0.6) is 0 Å². The van der Waals surface area contributed by atoms with E-state index in [4.69, 9.17) is 4.74 Å². The van der Waals surface area contributed by atoms with E-state index in [9.17, 15) is 9.59 Å². The summed E-state index contributed by atoms with van der Waals surface area (Å²) < 4.78 is 5.01. The third-order valence-corrected chi connectivity index (χ3v) is 3.02. The van der Waals surface area contributed by atoms with Gasteiger partial charge in [0.05, 0.1) is 6.61 Å². The quantitative estimate of drug-likeness (QED) is 0.452. The Balaban J connectivity index is 3.59. The molecule has 0 bridgehead atoms. The average molecular weight is 284 g/mol. The molecule has 0 aliphatic rings. The molecule has 0 spiro atoms. The first-order valence-electron chi connectivity index (χ1n) is 7.17. The monoisotopic (exact) mass is 284 g/mol. The molecule has 0 aliphatic carbocycles. The van der Waals surface area contributed by atoms with Crippen LogP contribution < -0.4 is 10.6 Å². The summed E-state index contributed by atoms with van der Waals surface area (Å²) in [6.07, 6.45) is 2.98. The summed E-state index contributed by atoms with van der Waals surface area (Å²) in [7, 11) is 0. The van der Waals surface area contributed by atoms with Gasteiger partial charge in [-0.3, -0.25) is 4.79 Å². The van der Waals surface area contributed by atoms with Gasteiger partial charge in [0.15, 0.2) is 0 Å². The van der Waals surface area contributed by atoms with Crippen LogP contribution in [0.15, 0.2) is 12.2 Å². The third-order valence-electron chi connectivity index (χ3n) is 3.02. The van der Waals surface area contributed by atoms with Crippen molar-refractivity contribution in [3.8, 4) is 0 Å². The minimum Gasteiger partial charge on any atom is -0.449 e. The SMILES string of the molecule is C=C(C)CCOC(=O)NCCC(C)CC(C)CNC=O. The summed E-state index contributed by atoms with van der Waals surface area (Å²) in [5, 5.41) is 5.42. The molecule has 0 radical (unpaired) electrons. The smallest absolute Gasteiger partial charge is 0.407 e. The lowest BCUT2D eigenvalue weighted by atomic mass is 9.95. The van der Waals surface area contributed by atoms with Gasteiger partial charge in [0.1, 0.15) is 0 Å². The number of nitrogens with one attached hydrogen (secondary N) is 2. The maximum absolute atomic E-state index is 11.4. The first-order valence-corrected chi connectivity index (χ1v) is 7.17. The summed E-state index contributed by atoms with van der Waals surface area (Å²) in [6.45, 7) is 11.6. The molecule has 5 heteroatoms. The van der Waals surface area contributed by atoms with Crippen LogP contribution in [0.3, 0.4) is 0 Å². The number of rotatable bonds is 11. The van der Waals surface area contributed by atoms with Gasteiger partial charge in [0.2, 0.25) is 6.41 Å². The summed E-state index contributed by atoms with van der Waals surface area (Å²) in [5.74, 6) is 0.937. The summed E-state index contributed by atoms with van der Waals surface area (Å²) in [6, 6.07) is 0. The predicted molar refractivity (Wildman–Crippen MR) is 80.4 cm³/mol. The van der Waals surface area contributed by atoms with Crippen LogP contribution >= 0.6 is 0 Å². The topological polar surface area (TPSA) is 67.4 Å². The molecule has 0 saturated heterocycles. The Kier molecular flexibility index (Phi) is 10.5. The number of amides is 2. The second kappa shape index (κ2) is 11.3. The first-order chi connectivity index (χ1) is 9.45. The second-order valence-corrected chi connectivity index (χ2v) is 5.53. The number of ether oxygens (including phenoxy) is 1. The van der Waals surface area contributed by atoms with Crippen molar-refractivity contribution in [3.63, 3.8) is 0 Å². The minimum atomic E-state index is -0.367. The Bertz CT molecular complexity index is 305. The molecule has 20 heavy (non-hydrogen) atoms. The van der Waals surface area contributed by atoms with Crippen molar-refractivity contribution in [3.05, 3.63) is 12.2 Å². The van der Waals surface area contributed by atoms with Crippen molar-refractivity contribution >= 4 is 12.5 Å². The number of hydrogen-bond acceptors (Lipinski definition) is 3. The average Bonchev–Trinajstić information content (AvgIpc) is 2.35. The van der Waals surface area contributed by atoms with E-state index in [0.29, 0.717) is 38.0 Å². The van der Waals surface area contributed by atoms with Crippen LogP contribution in [0.4, 0.5) is 4.79 Å². The fourth-order valence-corrected chi connectivity index (χ4v) is 1.93. The molecule has 116 valence electrons. The summed E-state index contributed by atoms with van der Waals surface area (Å²) in [4.78, 5) is 21.6. The van der Waals surface area contributed by atoms with E-state index in [-0.39, 0.29) is 6.09 Å². The molecule has 0 aromatic carbocycles. The summed E-state index contributed by atoms with van der Waals surface area (Å²) in [5.41, 5.74) is 1.00. The van der Waals surface area contributed by atoms with Gasteiger partial charge < -0.3 is 15.4 Å². The number of carbonyl (C=O) groups excluding carboxylic acids is 2. The standard InChI is InChI=1S/C15H28N2O3/c1-12(2)6-8-20-15(19)17-7-5-13(3)9-14(4)10-16-11-18/h11,13-14H,1,5-10H2,2-4H3,(H,16,18)(H,17,19). The Morgan fingerprint density at radius 3 is 2.65 bits per heavy atom. The molecule has 5 nitrogen and oxygen atoms in total. The Morgan fingerprint density at radius 2 is 2.05 bits per heavy atom. The molecule has 0 fully saturated rings. The highest BCUT2D eigenvalue weighted by molar-refractivity contribution is 5.67. The first kappa shape index (κ1) is 18.5. The van der Waals surface area contributed by atoms with Crippen LogP contribution in [0, 0.1) is 11.8 Å². The van der Waals surface area contributed by atoms with Crippen LogP contribution in [0.25, 0.3) is 0 Å². The largest absolute Gasteiger partial charge is 0.449 e. The molecule has 2 N–H and O–H groups in total. The van der Waals surface area contributed by atoms with E-state index in [1.165, 1.54) is 0 Å². The van der Waals surface area contributed by atoms with Crippen LogP contribution in [-0.4, -0.2) is 32.2 Å². The zero-order chi connectivity index (χ0) is 15.4. The highest BCUT2D eigenvalue weighted by Crippen LogP contribution is 2.13. The zero-order valence-electron chi connectivity index (χ0n) is 12.9. The Morgan fingerprint density at radius 1 is 1.35 bits per heavy atom. The molecule has 0 saturated carbocycles. The van der Waals surface area contributed by atoms with E-state index in [1.807, 2.05) is 6.92 Å². The van der Waals surface area contributed by atoms with Gasteiger partial charge in [0.25, 0.3) is 0 Å². The fraction of sp³-hybridized carbons (Fsp3) is 0.733. The fourth-order valence-electron chi connectivity index (χ4n) is 1.93. The molecule has 0 aromatic heterocycles. The van der Waals surface area contributed by atoms with Crippen molar-refractivity contribution in [1.82, 2.24) is 10.6 Å². The van der Waals surface area contributed by atoms with E-state index in [1.54, 1.807) is 0 Å². The van der Waals surface area contributed by atoms with Crippen LogP contribution in [-0.2, 0) is 9.53 Å². The van der Waals surface area contributed by atoms with Crippen molar-refractivity contribution < 1.29 is 14.3 Å². The molecule has 2 atom stereocenters. The van der Waals surface area contributed by atoms with E-state index >= 15 is 0 Å². The predicted octanol–water partition coefficient (Wildman–Crippen LogP) is 2.48. The van der Waals surface area contributed by atoms with Gasteiger partial charge in [-0.1, -0.05) is 19.4 Å². The van der Waals surface area contributed by atoms with E-state index in [0.717, 1.165) is 24.8 Å². The van der Waals surface area contributed by atoms with Gasteiger partial charge >= 0.3 is 6.09 Å². The summed E-state index contributed by atoms with van der Waals surface area (Å²) >= 11 is 0. The Hall–Kier alpha value is -1.52. The van der Waals surface area contributed by atoms with Crippen molar-refractivity contribution in [1.29, 1.82) is 0 Å². The maximum Gasteiger partial charge on any atom is 0.407 e. The van der Waals surface area contributed by atoms with Gasteiger partial charge in [0, 0.05) is 19.5 Å². The molecule has 2 amide bonds. The Labute approximate surface area is 122 Å². The number of alkyl carbamates (subject to hydrolysis) is 1. The lowest BCUT2D eigenvalue weighted by molar-refractivity contribution is -0.109. The van der Waals surface area contributed by atoms with E-state index in [2.05, 4.69) is 31.1 Å². The van der Waals surface area contributed by atoms with Crippen LogP contribution in [0.2, 0.25) is 0 Å². The second-order valence-electron chi connectivity index (χ2n) is 5.53. The van der Waals surface area contributed by atoms with Crippen molar-refractivity contribution in [2.45, 2.75) is 40.0 Å². The molecule has 0 heterocycles. The van der Waals surface area contributed by atoms with Crippen molar-refractivity contribution in [2.75, 3.05) is 19.7 Å². The lowest BCUT2D eigenvalue weighted by Crippen LogP contribution is -2.27. The number of carbonyl (C=O) groups is 2. The maximum atomic E-state index is 11.4. The molecule has 0 aromatic rings. The van der Waals surface area contributed by atoms with Crippen LogP contribution in [0.1, 0.15) is 40.0 Å². The molecular weight excluding hydrogens is 256 g/mol. The lowest BCUT2D eigenvalue weighted by Gasteiger charge is -2.17. The van der Waals surface area contributed by atoms with E-state index < -0.39 is 0 Å². The van der Waals surface area contributed by atoms with Gasteiger partial charge in [-0.25, -0.2) is 4.79 Å². The molecule has 0 aliphatic heterocycles. The molecular formula is C15H28N2O3. The van der Waals surface area contributed by atoms with Gasteiger partial charge in [-0.05, 0) is 31.6 Å². The molecule has 0 rings (SSSR count). The van der Waals surface area contributed by atoms with Gasteiger partial charge in [-0.15, -0.1) is 6.58 Å².